The van der Waals surface area contributed by atoms with Crippen LogP contribution in [0.5, 0.6) is 11.5 Å². The van der Waals surface area contributed by atoms with Crippen LogP contribution >= 0.6 is 0 Å². The number of nitrogens with zero attached hydrogens (tertiary/aromatic N) is 1. The van der Waals surface area contributed by atoms with Crippen LogP contribution in [0.1, 0.15) is 43.4 Å². The van der Waals surface area contributed by atoms with Crippen molar-refractivity contribution in [3.8, 4) is 11.5 Å². The first-order valence-electron chi connectivity index (χ1n) is 9.47. The fourth-order valence-corrected chi connectivity index (χ4v) is 3.66. The molecule has 28 heavy (non-hydrogen) atoms. The molecule has 2 aliphatic rings. The second-order valence-electron chi connectivity index (χ2n) is 7.91. The van der Waals surface area contributed by atoms with E-state index in [0.29, 0.717) is 23.8 Å². The lowest BCUT2D eigenvalue weighted by atomic mass is 9.92. The second-order valence-corrected chi connectivity index (χ2v) is 7.91. The molecule has 6 nitrogen and oxygen atoms in total. The van der Waals surface area contributed by atoms with Gasteiger partial charge in [0.1, 0.15) is 5.54 Å². The van der Waals surface area contributed by atoms with E-state index in [1.165, 1.54) is 10.5 Å². The number of hydrogen-bond donors (Lipinski definition) is 1. The van der Waals surface area contributed by atoms with E-state index in [1.807, 2.05) is 42.5 Å². The van der Waals surface area contributed by atoms with E-state index in [0.717, 1.165) is 11.1 Å². The van der Waals surface area contributed by atoms with Crippen LogP contribution in [0, 0.1) is 0 Å². The number of hydrogen-bond acceptors (Lipinski definition) is 4. The minimum Gasteiger partial charge on any atom is -0.454 e. The summed E-state index contributed by atoms with van der Waals surface area (Å²) in [7, 11) is 0. The van der Waals surface area contributed by atoms with Crippen molar-refractivity contribution in [3.05, 3.63) is 59.2 Å². The molecule has 2 heterocycles. The summed E-state index contributed by atoms with van der Waals surface area (Å²) in [6, 6.07) is 13.3. The van der Waals surface area contributed by atoms with E-state index in [2.05, 4.69) is 19.2 Å². The Labute approximate surface area is 164 Å². The van der Waals surface area contributed by atoms with Crippen molar-refractivity contribution in [1.29, 1.82) is 0 Å². The summed E-state index contributed by atoms with van der Waals surface area (Å²) < 4.78 is 10.7. The molecule has 2 aromatic carbocycles. The molecule has 2 aromatic rings. The minimum atomic E-state index is -0.983. The minimum absolute atomic E-state index is 0.203. The molecule has 0 radical (unpaired) electrons. The van der Waals surface area contributed by atoms with Crippen LogP contribution in [0.2, 0.25) is 0 Å². The number of urea groups is 1. The average Bonchev–Trinajstić information content (AvgIpc) is 3.20. The Balaban J connectivity index is 1.49. The molecule has 4 rings (SSSR count). The quantitative estimate of drug-likeness (QED) is 0.805. The third-order valence-electron chi connectivity index (χ3n) is 5.33. The van der Waals surface area contributed by atoms with E-state index >= 15 is 0 Å². The number of rotatable bonds is 5. The molecular weight excluding hydrogens is 356 g/mol. The highest BCUT2D eigenvalue weighted by molar-refractivity contribution is 6.06. The summed E-state index contributed by atoms with van der Waals surface area (Å²) >= 11 is 0. The van der Waals surface area contributed by atoms with E-state index in [1.54, 1.807) is 6.92 Å². The van der Waals surface area contributed by atoms with Crippen molar-refractivity contribution in [2.24, 2.45) is 0 Å². The van der Waals surface area contributed by atoms with E-state index in [4.69, 9.17) is 9.47 Å². The maximum absolute atomic E-state index is 13.0. The molecule has 0 spiro atoms. The third kappa shape index (κ3) is 3.30. The molecule has 0 aliphatic carbocycles. The van der Waals surface area contributed by atoms with Gasteiger partial charge in [-0.2, -0.15) is 0 Å². The molecule has 146 valence electrons. The summed E-state index contributed by atoms with van der Waals surface area (Å²) in [6.45, 7) is 6.50. The number of fused-ring (bicyclic) bond motifs is 1. The number of carbonyl (C=O) groups is 2. The lowest BCUT2D eigenvalue weighted by Gasteiger charge is -2.22. The Bertz CT molecular complexity index is 923. The summed E-state index contributed by atoms with van der Waals surface area (Å²) in [5.41, 5.74) is 2.08. The molecule has 3 amide bonds. The topological polar surface area (TPSA) is 67.9 Å². The van der Waals surface area contributed by atoms with Gasteiger partial charge in [0.2, 0.25) is 6.79 Å². The monoisotopic (exact) mass is 380 g/mol. The van der Waals surface area contributed by atoms with Crippen LogP contribution in [0.4, 0.5) is 4.79 Å². The summed E-state index contributed by atoms with van der Waals surface area (Å²) in [6.07, 6.45) is 0.386. The van der Waals surface area contributed by atoms with Crippen LogP contribution in [0.15, 0.2) is 42.5 Å². The standard InChI is InChI=1S/C22H24N2O4/c1-14(2)17-7-4-15(5-8-17)12-24-20(25)22(3,23-21(24)26)11-16-6-9-18-19(10-16)28-13-27-18/h4-10,14H,11-13H2,1-3H3,(H,23,26)/t22-/m1/s1. The van der Waals surface area contributed by atoms with Gasteiger partial charge in [-0.25, -0.2) is 4.79 Å². The van der Waals surface area contributed by atoms with Crippen LogP contribution in [-0.4, -0.2) is 29.2 Å². The van der Waals surface area contributed by atoms with Crippen LogP contribution < -0.4 is 14.8 Å². The van der Waals surface area contributed by atoms with Crippen LogP contribution in [-0.2, 0) is 17.8 Å². The molecule has 1 fully saturated rings. The number of nitrogens with one attached hydrogen (secondary N) is 1. The maximum atomic E-state index is 13.0. The van der Waals surface area contributed by atoms with Crippen molar-refractivity contribution in [2.75, 3.05) is 6.79 Å². The number of amides is 3. The Morgan fingerprint density at radius 3 is 2.43 bits per heavy atom. The van der Waals surface area contributed by atoms with Gasteiger partial charge < -0.3 is 14.8 Å². The smallest absolute Gasteiger partial charge is 0.325 e. The zero-order chi connectivity index (χ0) is 19.9. The highest BCUT2D eigenvalue weighted by atomic mass is 16.7. The fraction of sp³-hybridized carbons (Fsp3) is 0.364. The van der Waals surface area contributed by atoms with Gasteiger partial charge in [0.05, 0.1) is 6.54 Å². The molecule has 0 bridgehead atoms. The van der Waals surface area contributed by atoms with Gasteiger partial charge in [0.15, 0.2) is 11.5 Å². The molecule has 0 aromatic heterocycles. The Morgan fingerprint density at radius 1 is 1.04 bits per heavy atom. The lowest BCUT2D eigenvalue weighted by Crippen LogP contribution is -2.45. The average molecular weight is 380 g/mol. The molecule has 0 saturated carbocycles. The lowest BCUT2D eigenvalue weighted by molar-refractivity contribution is -0.131. The summed E-state index contributed by atoms with van der Waals surface area (Å²) in [4.78, 5) is 26.8. The van der Waals surface area contributed by atoms with Gasteiger partial charge in [-0.05, 0) is 41.7 Å². The zero-order valence-electron chi connectivity index (χ0n) is 16.3. The van der Waals surface area contributed by atoms with Gasteiger partial charge >= 0.3 is 6.03 Å². The largest absolute Gasteiger partial charge is 0.454 e. The first-order valence-corrected chi connectivity index (χ1v) is 9.47. The Hall–Kier alpha value is -3.02. The first kappa shape index (κ1) is 18.3. The molecule has 1 atom stereocenters. The van der Waals surface area contributed by atoms with Crippen molar-refractivity contribution >= 4 is 11.9 Å². The molecule has 6 heteroatoms. The van der Waals surface area contributed by atoms with Gasteiger partial charge in [-0.3, -0.25) is 9.69 Å². The third-order valence-corrected chi connectivity index (χ3v) is 5.33. The molecule has 1 N–H and O–H groups in total. The number of imide groups is 1. The zero-order valence-corrected chi connectivity index (χ0v) is 16.3. The number of ether oxygens (including phenoxy) is 2. The second kappa shape index (κ2) is 6.86. The Morgan fingerprint density at radius 2 is 1.71 bits per heavy atom. The normalized spacial score (nSPS) is 20.8. The van der Waals surface area contributed by atoms with Crippen LogP contribution in [0.3, 0.4) is 0 Å². The van der Waals surface area contributed by atoms with E-state index < -0.39 is 5.54 Å². The molecule has 2 aliphatic heterocycles. The number of carbonyl (C=O) groups excluding carboxylic acids is 2. The van der Waals surface area contributed by atoms with E-state index in [-0.39, 0.29) is 25.3 Å². The fourth-order valence-electron chi connectivity index (χ4n) is 3.66. The summed E-state index contributed by atoms with van der Waals surface area (Å²) in [5.74, 6) is 1.58. The Kier molecular flexibility index (Phi) is 4.49. The van der Waals surface area contributed by atoms with Crippen molar-refractivity contribution < 1.29 is 19.1 Å². The van der Waals surface area contributed by atoms with Crippen LogP contribution in [0.25, 0.3) is 0 Å². The maximum Gasteiger partial charge on any atom is 0.325 e. The molecular formula is C22H24N2O4. The van der Waals surface area contributed by atoms with Crippen molar-refractivity contribution in [2.45, 2.75) is 45.2 Å². The van der Waals surface area contributed by atoms with E-state index in [9.17, 15) is 9.59 Å². The predicted octanol–water partition coefficient (Wildman–Crippen LogP) is 3.59. The molecule has 1 saturated heterocycles. The van der Waals surface area contributed by atoms with Gasteiger partial charge in [0, 0.05) is 6.42 Å². The highest BCUT2D eigenvalue weighted by Crippen LogP contribution is 2.34. The SMILES string of the molecule is CC(C)c1ccc(CN2C(=O)N[C@](C)(Cc3ccc4c(c3)OCO4)C2=O)cc1. The van der Waals surface area contributed by atoms with Crippen molar-refractivity contribution in [3.63, 3.8) is 0 Å². The van der Waals surface area contributed by atoms with Gasteiger partial charge in [0.25, 0.3) is 5.91 Å². The van der Waals surface area contributed by atoms with Crippen molar-refractivity contribution in [1.82, 2.24) is 10.2 Å². The number of benzene rings is 2. The van der Waals surface area contributed by atoms with Gasteiger partial charge in [-0.1, -0.05) is 44.2 Å². The first-order chi connectivity index (χ1) is 13.4. The van der Waals surface area contributed by atoms with Gasteiger partial charge in [-0.15, -0.1) is 0 Å². The predicted molar refractivity (Wildman–Crippen MR) is 104 cm³/mol. The summed E-state index contributed by atoms with van der Waals surface area (Å²) in [5, 5.41) is 2.86. The highest BCUT2D eigenvalue weighted by Gasteiger charge is 2.47. The molecule has 0 unspecified atom stereocenters.